The van der Waals surface area contributed by atoms with E-state index in [1.807, 2.05) is 38.1 Å². The van der Waals surface area contributed by atoms with E-state index in [9.17, 15) is 4.79 Å². The molecule has 1 aromatic carbocycles. The molecule has 3 rings (SSSR count). The third kappa shape index (κ3) is 3.24. The summed E-state index contributed by atoms with van der Waals surface area (Å²) in [4.78, 5) is 12.4. The normalized spacial score (nSPS) is 28.7. The molecule has 2 fully saturated rings. The monoisotopic (exact) mass is 342 g/mol. The minimum atomic E-state index is -0.145. The number of benzene rings is 1. The summed E-state index contributed by atoms with van der Waals surface area (Å²) in [6.45, 7) is 11.6. The van der Waals surface area contributed by atoms with Crippen molar-refractivity contribution in [3.05, 3.63) is 35.4 Å². The summed E-state index contributed by atoms with van der Waals surface area (Å²) in [7, 11) is 0. The number of carbonyl (C=O) groups is 1. The molecule has 2 bridgehead atoms. The van der Waals surface area contributed by atoms with Gasteiger partial charge in [-0.05, 0) is 62.1 Å². The average Bonchev–Trinajstić information content (AvgIpc) is 2.91. The van der Waals surface area contributed by atoms with Crippen molar-refractivity contribution in [1.29, 1.82) is 0 Å². The third-order valence-corrected chi connectivity index (χ3v) is 6.60. The summed E-state index contributed by atoms with van der Waals surface area (Å²) in [5.41, 5.74) is 6.02. The maximum atomic E-state index is 12.4. The molecule has 2 aliphatic carbocycles. The molecule has 2 atom stereocenters. The van der Waals surface area contributed by atoms with Crippen molar-refractivity contribution < 1.29 is 9.53 Å². The van der Waals surface area contributed by atoms with E-state index in [1.165, 1.54) is 12.8 Å². The molecule has 0 heterocycles. The number of hydrazone groups is 1. The zero-order valence-corrected chi connectivity index (χ0v) is 16.1. The van der Waals surface area contributed by atoms with Gasteiger partial charge in [0.15, 0.2) is 0 Å². The fraction of sp³-hybridized carbons (Fsp3) is 0.619. The number of ether oxygens (including phenoxy) is 1. The van der Waals surface area contributed by atoms with E-state index in [2.05, 4.69) is 31.3 Å². The fourth-order valence-corrected chi connectivity index (χ4v) is 4.30. The Hall–Kier alpha value is -1.68. The molecule has 0 saturated heterocycles. The number of hydrogen-bond donors (Lipinski definition) is 1. The van der Waals surface area contributed by atoms with Gasteiger partial charge in [0.25, 0.3) is 5.91 Å². The molecule has 1 N–H and O–H groups in total. The largest absolute Gasteiger partial charge is 0.374 e. The summed E-state index contributed by atoms with van der Waals surface area (Å²) in [5.74, 6) is 0.543. The number of nitrogens with zero attached hydrogens (tertiary/aromatic N) is 1. The molecule has 2 saturated carbocycles. The Morgan fingerprint density at radius 3 is 2.48 bits per heavy atom. The van der Waals surface area contributed by atoms with Gasteiger partial charge in [-0.15, -0.1) is 0 Å². The van der Waals surface area contributed by atoms with Gasteiger partial charge in [0.05, 0.1) is 12.7 Å². The Bertz CT molecular complexity index is 676. The van der Waals surface area contributed by atoms with Crippen LogP contribution in [0.2, 0.25) is 0 Å². The molecule has 1 amide bonds. The lowest BCUT2D eigenvalue weighted by atomic mass is 9.70. The standard InChI is InChI=1S/C21H30N2O2/c1-14(2)25-13-15-6-8-16(9-7-15)19(24)23-22-18-12-17-10-11-21(18,5)20(17,3)4/h6-9,14,17H,10-13H2,1-5H3,(H,23,24)/b22-18-/t17-,21-/m0/s1. The highest BCUT2D eigenvalue weighted by Crippen LogP contribution is 2.63. The Kier molecular flexibility index (Phi) is 4.76. The topological polar surface area (TPSA) is 50.7 Å². The van der Waals surface area contributed by atoms with Crippen LogP contribution in [0.4, 0.5) is 0 Å². The van der Waals surface area contributed by atoms with Gasteiger partial charge in [-0.3, -0.25) is 4.79 Å². The van der Waals surface area contributed by atoms with Crippen LogP contribution >= 0.6 is 0 Å². The number of rotatable bonds is 5. The maximum absolute atomic E-state index is 12.4. The number of hydrogen-bond acceptors (Lipinski definition) is 3. The van der Waals surface area contributed by atoms with E-state index >= 15 is 0 Å². The van der Waals surface area contributed by atoms with Crippen molar-refractivity contribution in [2.24, 2.45) is 21.8 Å². The highest BCUT2D eigenvalue weighted by molar-refractivity contribution is 5.98. The minimum Gasteiger partial charge on any atom is -0.374 e. The van der Waals surface area contributed by atoms with Crippen LogP contribution in [0.1, 0.15) is 69.8 Å². The molecule has 4 nitrogen and oxygen atoms in total. The molecule has 2 aliphatic rings. The van der Waals surface area contributed by atoms with Crippen LogP contribution in [0.5, 0.6) is 0 Å². The van der Waals surface area contributed by atoms with Gasteiger partial charge < -0.3 is 4.74 Å². The molecule has 0 aliphatic heterocycles. The van der Waals surface area contributed by atoms with Crippen molar-refractivity contribution in [2.45, 2.75) is 66.6 Å². The highest BCUT2D eigenvalue weighted by atomic mass is 16.5. The van der Waals surface area contributed by atoms with Crippen LogP contribution in [0, 0.1) is 16.7 Å². The molecule has 136 valence electrons. The van der Waals surface area contributed by atoms with Gasteiger partial charge in [0, 0.05) is 16.7 Å². The van der Waals surface area contributed by atoms with Gasteiger partial charge in [-0.2, -0.15) is 5.10 Å². The molecular formula is C21H30N2O2. The van der Waals surface area contributed by atoms with Gasteiger partial charge >= 0.3 is 0 Å². The van der Waals surface area contributed by atoms with Crippen LogP contribution in [0.3, 0.4) is 0 Å². The molecule has 4 heteroatoms. The molecule has 25 heavy (non-hydrogen) atoms. The van der Waals surface area contributed by atoms with Crippen LogP contribution in [-0.4, -0.2) is 17.7 Å². The summed E-state index contributed by atoms with van der Waals surface area (Å²) in [5, 5.41) is 4.52. The van der Waals surface area contributed by atoms with Crippen LogP contribution < -0.4 is 5.43 Å². The van der Waals surface area contributed by atoms with E-state index < -0.39 is 0 Å². The Morgan fingerprint density at radius 1 is 1.28 bits per heavy atom. The van der Waals surface area contributed by atoms with Crippen molar-refractivity contribution >= 4 is 11.6 Å². The Morgan fingerprint density at radius 2 is 1.96 bits per heavy atom. The molecule has 0 radical (unpaired) electrons. The summed E-state index contributed by atoms with van der Waals surface area (Å²) in [6, 6.07) is 7.54. The smallest absolute Gasteiger partial charge is 0.271 e. The van der Waals surface area contributed by atoms with E-state index in [0.717, 1.165) is 17.7 Å². The quantitative estimate of drug-likeness (QED) is 0.799. The van der Waals surface area contributed by atoms with Gasteiger partial charge in [0.2, 0.25) is 0 Å². The number of carbonyl (C=O) groups excluding carboxylic acids is 1. The SMILES string of the molecule is CC(C)OCc1ccc(C(=O)N/N=C2/C[C@@H]3CC[C@]2(C)C3(C)C)cc1. The van der Waals surface area contributed by atoms with Crippen molar-refractivity contribution in [3.63, 3.8) is 0 Å². The lowest BCUT2D eigenvalue weighted by molar-refractivity contribution is 0.0657. The molecule has 0 aromatic heterocycles. The van der Waals surface area contributed by atoms with Gasteiger partial charge in [-0.1, -0.05) is 32.9 Å². The van der Waals surface area contributed by atoms with E-state index in [0.29, 0.717) is 18.1 Å². The molecule has 0 unspecified atom stereocenters. The first-order valence-electron chi connectivity index (χ1n) is 9.32. The van der Waals surface area contributed by atoms with Crippen LogP contribution in [-0.2, 0) is 11.3 Å². The zero-order chi connectivity index (χ0) is 18.2. The zero-order valence-electron chi connectivity index (χ0n) is 16.1. The first kappa shape index (κ1) is 18.1. The van der Waals surface area contributed by atoms with Gasteiger partial charge in [0.1, 0.15) is 0 Å². The summed E-state index contributed by atoms with van der Waals surface area (Å²) < 4.78 is 5.58. The van der Waals surface area contributed by atoms with E-state index in [-0.39, 0.29) is 22.8 Å². The van der Waals surface area contributed by atoms with Crippen molar-refractivity contribution in [2.75, 3.05) is 0 Å². The van der Waals surface area contributed by atoms with Crippen molar-refractivity contribution in [3.8, 4) is 0 Å². The van der Waals surface area contributed by atoms with E-state index in [4.69, 9.17) is 4.74 Å². The predicted molar refractivity (Wildman–Crippen MR) is 100 cm³/mol. The average molecular weight is 342 g/mol. The van der Waals surface area contributed by atoms with E-state index in [1.54, 1.807) is 0 Å². The first-order valence-corrected chi connectivity index (χ1v) is 9.32. The number of nitrogens with one attached hydrogen (secondary N) is 1. The third-order valence-electron chi connectivity index (χ3n) is 6.60. The Labute approximate surface area is 151 Å². The second-order valence-electron chi connectivity index (χ2n) is 8.55. The number of amides is 1. The first-order chi connectivity index (χ1) is 11.7. The number of fused-ring (bicyclic) bond motifs is 2. The van der Waals surface area contributed by atoms with Crippen LogP contribution in [0.25, 0.3) is 0 Å². The fourth-order valence-electron chi connectivity index (χ4n) is 4.30. The van der Waals surface area contributed by atoms with Crippen molar-refractivity contribution in [1.82, 2.24) is 5.43 Å². The molecule has 0 spiro atoms. The second-order valence-corrected chi connectivity index (χ2v) is 8.55. The highest BCUT2D eigenvalue weighted by Gasteiger charge is 2.60. The molecule has 1 aromatic rings. The van der Waals surface area contributed by atoms with Gasteiger partial charge in [-0.25, -0.2) is 5.43 Å². The Balaban J connectivity index is 1.63. The maximum Gasteiger partial charge on any atom is 0.271 e. The summed E-state index contributed by atoms with van der Waals surface area (Å²) >= 11 is 0. The summed E-state index contributed by atoms with van der Waals surface area (Å²) in [6.07, 6.45) is 3.65. The second kappa shape index (κ2) is 6.56. The molecular weight excluding hydrogens is 312 g/mol. The lowest BCUT2D eigenvalue weighted by Gasteiger charge is -2.34. The predicted octanol–water partition coefficient (Wildman–Crippen LogP) is 4.54. The minimum absolute atomic E-state index is 0.114. The lowest BCUT2D eigenvalue weighted by Crippen LogP contribution is -2.34. The van der Waals surface area contributed by atoms with Crippen LogP contribution in [0.15, 0.2) is 29.4 Å².